The molecule has 0 radical (unpaired) electrons. The lowest BCUT2D eigenvalue weighted by molar-refractivity contribution is -0.144. The Morgan fingerprint density at radius 3 is 2.35 bits per heavy atom. The van der Waals surface area contributed by atoms with Gasteiger partial charge in [-0.3, -0.25) is 0 Å². The molecule has 1 fully saturated rings. The van der Waals surface area contributed by atoms with Gasteiger partial charge in [-0.15, -0.1) is 0 Å². The van der Waals surface area contributed by atoms with Crippen molar-refractivity contribution in [1.82, 2.24) is 0 Å². The summed E-state index contributed by atoms with van der Waals surface area (Å²) in [6.45, 7) is 0. The van der Waals surface area contributed by atoms with Crippen molar-refractivity contribution >= 4 is 9.84 Å². The fourth-order valence-corrected chi connectivity index (χ4v) is 3.84. The highest BCUT2D eigenvalue weighted by atomic mass is 32.2. The quantitative estimate of drug-likeness (QED) is 0.865. The molecule has 1 saturated carbocycles. The summed E-state index contributed by atoms with van der Waals surface area (Å²) in [6.07, 6.45) is -5.10. The van der Waals surface area contributed by atoms with Gasteiger partial charge >= 0.3 is 5.92 Å². The number of hydrogen-bond acceptors (Lipinski definition) is 5. The van der Waals surface area contributed by atoms with Gasteiger partial charge in [0, 0.05) is 30.2 Å². The highest BCUT2D eigenvalue weighted by molar-refractivity contribution is 7.90. The van der Waals surface area contributed by atoms with Crippen molar-refractivity contribution in [2.75, 3.05) is 6.26 Å². The van der Waals surface area contributed by atoms with E-state index in [0.717, 1.165) is 18.4 Å². The van der Waals surface area contributed by atoms with Crippen LogP contribution in [0.15, 0.2) is 17.0 Å². The van der Waals surface area contributed by atoms with E-state index in [0.29, 0.717) is 0 Å². The molecule has 2 N–H and O–H groups in total. The number of halogens is 3. The second-order valence-electron chi connectivity index (χ2n) is 5.97. The minimum atomic E-state index is -4.14. The van der Waals surface area contributed by atoms with Crippen LogP contribution in [-0.4, -0.2) is 43.0 Å². The predicted molar refractivity (Wildman–Crippen MR) is 73.0 cm³/mol. The Kier molecular flexibility index (Phi) is 3.66. The maximum atomic E-state index is 14.2. The lowest BCUT2D eigenvalue weighted by Gasteiger charge is -2.32. The number of rotatable bonds is 3. The summed E-state index contributed by atoms with van der Waals surface area (Å²) in [4.78, 5) is -0.541. The Morgan fingerprint density at radius 1 is 1.22 bits per heavy atom. The third-order valence-electron chi connectivity index (χ3n) is 4.20. The average molecular weight is 352 g/mol. The van der Waals surface area contributed by atoms with Crippen LogP contribution < -0.4 is 4.74 Å². The van der Waals surface area contributed by atoms with Crippen molar-refractivity contribution in [1.29, 1.82) is 0 Å². The zero-order valence-electron chi connectivity index (χ0n) is 12.0. The molecule has 0 amide bonds. The van der Waals surface area contributed by atoms with Crippen molar-refractivity contribution in [3.05, 3.63) is 23.3 Å². The largest absolute Gasteiger partial charge is 0.490 e. The molecule has 2 aliphatic rings. The van der Waals surface area contributed by atoms with Gasteiger partial charge in [-0.05, 0) is 12.1 Å². The second kappa shape index (κ2) is 5.09. The SMILES string of the molecule is CS(=O)(=O)c1ccc(OC2CC(O)C2)c2c1[C@H](O)C(F)(F)C2F. The van der Waals surface area contributed by atoms with Gasteiger partial charge in [-0.25, -0.2) is 12.8 Å². The predicted octanol–water partition coefficient (Wildman–Crippen LogP) is 1.69. The van der Waals surface area contributed by atoms with E-state index in [1.807, 2.05) is 0 Å². The first-order valence-corrected chi connectivity index (χ1v) is 8.84. The van der Waals surface area contributed by atoms with Gasteiger partial charge in [0.2, 0.25) is 0 Å². The average Bonchev–Trinajstić information content (AvgIpc) is 2.58. The number of alkyl halides is 3. The van der Waals surface area contributed by atoms with Crippen molar-refractivity contribution < 1.29 is 36.5 Å². The first kappa shape index (κ1) is 16.5. The van der Waals surface area contributed by atoms with Gasteiger partial charge in [0.05, 0.1) is 11.0 Å². The van der Waals surface area contributed by atoms with E-state index in [9.17, 15) is 31.8 Å². The zero-order chi connectivity index (χ0) is 17.2. The monoisotopic (exact) mass is 352 g/mol. The molecule has 128 valence electrons. The molecule has 2 aliphatic carbocycles. The molecule has 1 unspecified atom stereocenters. The summed E-state index contributed by atoms with van der Waals surface area (Å²) in [7, 11) is -3.94. The minimum absolute atomic E-state index is 0.229. The van der Waals surface area contributed by atoms with Crippen molar-refractivity contribution in [3.8, 4) is 5.75 Å². The molecular weight excluding hydrogens is 337 g/mol. The van der Waals surface area contributed by atoms with Gasteiger partial charge in [0.1, 0.15) is 18.0 Å². The Hall–Kier alpha value is -1.32. The van der Waals surface area contributed by atoms with Gasteiger partial charge in [-0.2, -0.15) is 8.78 Å². The van der Waals surface area contributed by atoms with E-state index >= 15 is 0 Å². The number of aliphatic hydroxyl groups is 2. The number of hydrogen-bond donors (Lipinski definition) is 2. The van der Waals surface area contributed by atoms with Crippen molar-refractivity contribution in [2.24, 2.45) is 0 Å². The molecule has 1 aromatic rings. The Morgan fingerprint density at radius 2 is 1.83 bits per heavy atom. The maximum absolute atomic E-state index is 14.2. The van der Waals surface area contributed by atoms with E-state index in [2.05, 4.69) is 0 Å². The highest BCUT2D eigenvalue weighted by Gasteiger charge is 2.59. The summed E-state index contributed by atoms with van der Waals surface area (Å²) in [5.41, 5.74) is -1.28. The summed E-state index contributed by atoms with van der Waals surface area (Å²) in [6, 6.07) is 2.14. The Labute approximate surface area is 130 Å². The fraction of sp³-hybridized carbons (Fsp3) is 0.571. The normalized spacial score (nSPS) is 32.3. The zero-order valence-corrected chi connectivity index (χ0v) is 12.9. The standard InChI is InChI=1S/C14H15F3O5S/c1-23(20,21)9-3-2-8(22-7-4-6(18)5-7)10-11(9)13(19)14(16,17)12(10)15/h2-3,6-7,12-13,18-19H,4-5H2,1H3/t6?,7?,12?,13-/m0/s1. The maximum Gasteiger partial charge on any atom is 0.312 e. The number of sulfone groups is 1. The molecule has 1 aromatic carbocycles. The summed E-state index contributed by atoms with van der Waals surface area (Å²) in [5, 5.41) is 19.0. The fourth-order valence-electron chi connectivity index (χ4n) is 2.90. The molecule has 9 heteroatoms. The van der Waals surface area contributed by atoms with Gasteiger partial charge in [-0.1, -0.05) is 0 Å². The van der Waals surface area contributed by atoms with Crippen LogP contribution in [0.25, 0.3) is 0 Å². The van der Waals surface area contributed by atoms with E-state index < -0.39 is 56.3 Å². The highest BCUT2D eigenvalue weighted by Crippen LogP contribution is 2.57. The van der Waals surface area contributed by atoms with Gasteiger partial charge in [0.15, 0.2) is 16.0 Å². The van der Waals surface area contributed by atoms with Crippen LogP contribution >= 0.6 is 0 Å². The number of benzene rings is 1. The third-order valence-corrected chi connectivity index (χ3v) is 5.35. The van der Waals surface area contributed by atoms with E-state index in [4.69, 9.17) is 4.74 Å². The Bertz CT molecular complexity index is 743. The summed E-state index contributed by atoms with van der Waals surface area (Å²) < 4.78 is 70.8. The van der Waals surface area contributed by atoms with Crippen LogP contribution in [0.1, 0.15) is 36.2 Å². The van der Waals surface area contributed by atoms with Crippen molar-refractivity contribution in [2.45, 2.75) is 48.1 Å². The molecule has 0 bridgehead atoms. The molecular formula is C14H15F3O5S. The van der Waals surface area contributed by atoms with E-state index in [-0.39, 0.29) is 18.6 Å². The van der Waals surface area contributed by atoms with Crippen LogP contribution in [0.2, 0.25) is 0 Å². The van der Waals surface area contributed by atoms with Gasteiger partial charge in [0.25, 0.3) is 0 Å². The van der Waals surface area contributed by atoms with Crippen LogP contribution in [0.4, 0.5) is 13.2 Å². The first-order chi connectivity index (χ1) is 10.5. The molecule has 0 aliphatic heterocycles. The number of ether oxygens (including phenoxy) is 1. The van der Waals surface area contributed by atoms with E-state index in [1.165, 1.54) is 0 Å². The lowest BCUT2D eigenvalue weighted by Crippen LogP contribution is -2.37. The molecule has 0 saturated heterocycles. The number of aliphatic hydroxyl groups excluding tert-OH is 2. The first-order valence-electron chi connectivity index (χ1n) is 6.95. The second-order valence-corrected chi connectivity index (χ2v) is 7.95. The summed E-state index contributed by atoms with van der Waals surface area (Å²) in [5.74, 6) is -4.37. The lowest BCUT2D eigenvalue weighted by atomic mass is 9.92. The van der Waals surface area contributed by atoms with Crippen LogP contribution in [0.3, 0.4) is 0 Å². The topological polar surface area (TPSA) is 83.8 Å². The molecule has 5 nitrogen and oxygen atoms in total. The van der Waals surface area contributed by atoms with Crippen LogP contribution in [-0.2, 0) is 9.84 Å². The third kappa shape index (κ3) is 2.50. The molecule has 0 heterocycles. The summed E-state index contributed by atoms with van der Waals surface area (Å²) >= 11 is 0. The van der Waals surface area contributed by atoms with Crippen molar-refractivity contribution in [3.63, 3.8) is 0 Å². The van der Waals surface area contributed by atoms with Crippen LogP contribution in [0, 0.1) is 0 Å². The molecule has 3 rings (SSSR count). The molecule has 0 spiro atoms. The minimum Gasteiger partial charge on any atom is -0.490 e. The molecule has 23 heavy (non-hydrogen) atoms. The Balaban J connectivity index is 2.12. The molecule has 0 aromatic heterocycles. The van der Waals surface area contributed by atoms with E-state index in [1.54, 1.807) is 0 Å². The number of fused-ring (bicyclic) bond motifs is 1. The van der Waals surface area contributed by atoms with Crippen LogP contribution in [0.5, 0.6) is 5.75 Å². The smallest absolute Gasteiger partial charge is 0.312 e. The van der Waals surface area contributed by atoms with Gasteiger partial charge < -0.3 is 14.9 Å². The molecule has 2 atom stereocenters.